The summed E-state index contributed by atoms with van der Waals surface area (Å²) in [5, 5.41) is 3.87. The maximum absolute atomic E-state index is 3.87. The Bertz CT molecular complexity index is 232. The second-order valence-corrected chi connectivity index (χ2v) is 7.73. The molecule has 1 nitrogen and oxygen atoms in total. The highest BCUT2D eigenvalue weighted by Crippen LogP contribution is 2.43. The molecule has 0 spiro atoms. The Morgan fingerprint density at radius 3 is 2.47 bits per heavy atom. The van der Waals surface area contributed by atoms with Crippen LogP contribution in [-0.4, -0.2) is 12.6 Å². The van der Waals surface area contributed by atoms with E-state index < -0.39 is 0 Å². The Kier molecular flexibility index (Phi) is 7.42. The lowest BCUT2D eigenvalue weighted by Gasteiger charge is -2.44. The van der Waals surface area contributed by atoms with E-state index in [-0.39, 0.29) is 0 Å². The maximum atomic E-state index is 3.87. The molecule has 114 valence electrons. The van der Waals surface area contributed by atoms with E-state index in [1.165, 1.54) is 57.9 Å². The van der Waals surface area contributed by atoms with Crippen molar-refractivity contribution < 1.29 is 0 Å². The Morgan fingerprint density at radius 2 is 1.89 bits per heavy atom. The van der Waals surface area contributed by atoms with E-state index in [0.717, 1.165) is 17.9 Å². The molecule has 0 heterocycles. The van der Waals surface area contributed by atoms with Gasteiger partial charge in [0.2, 0.25) is 0 Å². The van der Waals surface area contributed by atoms with Crippen LogP contribution in [0.4, 0.5) is 0 Å². The molecule has 0 aromatic carbocycles. The largest absolute Gasteiger partial charge is 0.314 e. The minimum atomic E-state index is 0.543. The minimum absolute atomic E-state index is 0.543. The lowest BCUT2D eigenvalue weighted by Crippen LogP contribution is -2.45. The SMILES string of the molecule is CCCNC(CCCC(C)C)C1CCCCC1(C)C. The predicted molar refractivity (Wildman–Crippen MR) is 86.5 cm³/mol. The molecular weight excluding hydrogens is 230 g/mol. The van der Waals surface area contributed by atoms with Gasteiger partial charge in [-0.25, -0.2) is 0 Å². The normalized spacial score (nSPS) is 24.6. The fourth-order valence-corrected chi connectivity index (χ4v) is 3.79. The predicted octanol–water partition coefficient (Wildman–Crippen LogP) is 5.40. The Hall–Kier alpha value is -0.0400. The van der Waals surface area contributed by atoms with Crippen LogP contribution in [0, 0.1) is 17.3 Å². The topological polar surface area (TPSA) is 12.0 Å². The van der Waals surface area contributed by atoms with Gasteiger partial charge in [-0.3, -0.25) is 0 Å². The molecule has 0 radical (unpaired) electrons. The van der Waals surface area contributed by atoms with Crippen molar-refractivity contribution in [2.75, 3.05) is 6.54 Å². The van der Waals surface area contributed by atoms with Crippen molar-refractivity contribution in [1.29, 1.82) is 0 Å². The summed E-state index contributed by atoms with van der Waals surface area (Å²) in [6.45, 7) is 13.2. The first-order valence-corrected chi connectivity index (χ1v) is 8.70. The van der Waals surface area contributed by atoms with E-state index >= 15 is 0 Å². The van der Waals surface area contributed by atoms with Gasteiger partial charge in [0.1, 0.15) is 0 Å². The third-order valence-corrected chi connectivity index (χ3v) is 5.03. The Balaban J connectivity index is 2.55. The first-order valence-electron chi connectivity index (χ1n) is 8.70. The summed E-state index contributed by atoms with van der Waals surface area (Å²) < 4.78 is 0. The maximum Gasteiger partial charge on any atom is 0.0100 e. The third-order valence-electron chi connectivity index (χ3n) is 5.03. The molecule has 2 atom stereocenters. The van der Waals surface area contributed by atoms with Crippen LogP contribution < -0.4 is 5.32 Å². The summed E-state index contributed by atoms with van der Waals surface area (Å²) >= 11 is 0. The fourth-order valence-electron chi connectivity index (χ4n) is 3.79. The molecule has 1 heteroatoms. The first kappa shape index (κ1) is 17.0. The fraction of sp³-hybridized carbons (Fsp3) is 1.00. The van der Waals surface area contributed by atoms with Gasteiger partial charge in [0.25, 0.3) is 0 Å². The molecule has 1 aliphatic rings. The highest BCUT2D eigenvalue weighted by Gasteiger charge is 2.36. The van der Waals surface area contributed by atoms with E-state index in [2.05, 4.69) is 39.9 Å². The van der Waals surface area contributed by atoms with Crippen LogP contribution in [0.2, 0.25) is 0 Å². The number of hydrogen-bond donors (Lipinski definition) is 1. The van der Waals surface area contributed by atoms with E-state index in [0.29, 0.717) is 5.41 Å². The van der Waals surface area contributed by atoms with E-state index in [4.69, 9.17) is 0 Å². The summed E-state index contributed by atoms with van der Waals surface area (Å²) in [5.74, 6) is 1.74. The molecule has 0 aromatic heterocycles. The molecule has 19 heavy (non-hydrogen) atoms. The molecule has 0 saturated heterocycles. The van der Waals surface area contributed by atoms with Crippen molar-refractivity contribution in [3.63, 3.8) is 0 Å². The molecule has 1 fully saturated rings. The third kappa shape index (κ3) is 5.85. The summed E-state index contributed by atoms with van der Waals surface area (Å²) in [7, 11) is 0. The standard InChI is InChI=1S/C18H37N/c1-6-14-19-17(12-9-10-15(2)3)16-11-7-8-13-18(16,4)5/h15-17,19H,6-14H2,1-5H3. The highest BCUT2D eigenvalue weighted by molar-refractivity contribution is 4.90. The molecule has 0 aromatic rings. The molecule has 1 rings (SSSR count). The molecule has 1 saturated carbocycles. The number of hydrogen-bond acceptors (Lipinski definition) is 1. The summed E-state index contributed by atoms with van der Waals surface area (Å²) in [5.41, 5.74) is 0.543. The Morgan fingerprint density at radius 1 is 1.16 bits per heavy atom. The van der Waals surface area contributed by atoms with Crippen LogP contribution in [-0.2, 0) is 0 Å². The highest BCUT2D eigenvalue weighted by atomic mass is 14.9. The zero-order valence-electron chi connectivity index (χ0n) is 14.1. The zero-order chi connectivity index (χ0) is 14.3. The van der Waals surface area contributed by atoms with Gasteiger partial charge in [-0.1, -0.05) is 60.3 Å². The molecule has 1 aliphatic carbocycles. The quantitative estimate of drug-likeness (QED) is 0.621. The molecule has 1 N–H and O–H groups in total. The van der Waals surface area contributed by atoms with Crippen molar-refractivity contribution >= 4 is 0 Å². The molecular formula is C18H37N. The van der Waals surface area contributed by atoms with Crippen LogP contribution in [0.1, 0.15) is 86.0 Å². The molecule has 2 unspecified atom stereocenters. The van der Waals surface area contributed by atoms with Crippen LogP contribution in [0.25, 0.3) is 0 Å². The van der Waals surface area contributed by atoms with Gasteiger partial charge in [-0.2, -0.15) is 0 Å². The zero-order valence-corrected chi connectivity index (χ0v) is 14.1. The van der Waals surface area contributed by atoms with Gasteiger partial charge < -0.3 is 5.32 Å². The molecule has 0 bridgehead atoms. The van der Waals surface area contributed by atoms with E-state index in [1.807, 2.05) is 0 Å². The molecule has 0 amide bonds. The van der Waals surface area contributed by atoms with Gasteiger partial charge in [-0.05, 0) is 49.5 Å². The lowest BCUT2D eigenvalue weighted by atomic mass is 9.65. The van der Waals surface area contributed by atoms with Gasteiger partial charge in [0.15, 0.2) is 0 Å². The van der Waals surface area contributed by atoms with Crippen molar-refractivity contribution in [2.45, 2.75) is 92.0 Å². The summed E-state index contributed by atoms with van der Waals surface area (Å²) in [6.07, 6.45) is 11.2. The van der Waals surface area contributed by atoms with Crippen LogP contribution in [0.3, 0.4) is 0 Å². The van der Waals surface area contributed by atoms with Crippen molar-refractivity contribution in [3.05, 3.63) is 0 Å². The van der Waals surface area contributed by atoms with Crippen LogP contribution in [0.15, 0.2) is 0 Å². The van der Waals surface area contributed by atoms with Crippen LogP contribution in [0.5, 0.6) is 0 Å². The second-order valence-electron chi connectivity index (χ2n) is 7.73. The number of rotatable bonds is 8. The van der Waals surface area contributed by atoms with Gasteiger partial charge in [0.05, 0.1) is 0 Å². The smallest absolute Gasteiger partial charge is 0.0100 e. The van der Waals surface area contributed by atoms with Crippen molar-refractivity contribution in [1.82, 2.24) is 5.32 Å². The first-order chi connectivity index (χ1) is 8.97. The van der Waals surface area contributed by atoms with Crippen molar-refractivity contribution in [2.24, 2.45) is 17.3 Å². The van der Waals surface area contributed by atoms with E-state index in [9.17, 15) is 0 Å². The van der Waals surface area contributed by atoms with Gasteiger partial charge in [-0.15, -0.1) is 0 Å². The molecule has 0 aliphatic heterocycles. The second kappa shape index (κ2) is 8.29. The Labute approximate surface area is 121 Å². The lowest BCUT2D eigenvalue weighted by molar-refractivity contribution is 0.0932. The minimum Gasteiger partial charge on any atom is -0.314 e. The monoisotopic (exact) mass is 267 g/mol. The number of nitrogens with one attached hydrogen (secondary N) is 1. The van der Waals surface area contributed by atoms with Crippen LogP contribution >= 0.6 is 0 Å². The average Bonchev–Trinajstić information content (AvgIpc) is 2.33. The average molecular weight is 268 g/mol. The van der Waals surface area contributed by atoms with Gasteiger partial charge in [0, 0.05) is 6.04 Å². The van der Waals surface area contributed by atoms with E-state index in [1.54, 1.807) is 0 Å². The van der Waals surface area contributed by atoms with Gasteiger partial charge >= 0.3 is 0 Å². The summed E-state index contributed by atoms with van der Waals surface area (Å²) in [4.78, 5) is 0. The summed E-state index contributed by atoms with van der Waals surface area (Å²) in [6, 6.07) is 0.758. The van der Waals surface area contributed by atoms with Crippen molar-refractivity contribution in [3.8, 4) is 0 Å².